The molecule has 62 valence electrons. The first-order chi connectivity index (χ1) is 4.81. The second kappa shape index (κ2) is 7.03. The Labute approximate surface area is 64.4 Å². The fourth-order valence-electron chi connectivity index (χ4n) is 0.946. The van der Waals surface area contributed by atoms with Gasteiger partial charge in [0.25, 0.3) is 0 Å². The number of hydrogen-bond donors (Lipinski definition) is 2. The second-order valence-corrected chi connectivity index (χ2v) is 2.87. The van der Waals surface area contributed by atoms with Crippen molar-refractivity contribution >= 4 is 0 Å². The van der Waals surface area contributed by atoms with Crippen molar-refractivity contribution in [2.24, 2.45) is 5.92 Å². The zero-order valence-electron chi connectivity index (χ0n) is 7.41. The van der Waals surface area contributed by atoms with Gasteiger partial charge in [-0.3, -0.25) is 0 Å². The Morgan fingerprint density at radius 2 is 2.00 bits per heavy atom. The van der Waals surface area contributed by atoms with Crippen LogP contribution in [0.1, 0.15) is 20.3 Å². The van der Waals surface area contributed by atoms with Crippen molar-refractivity contribution in [1.82, 2.24) is 10.6 Å². The molecule has 0 heterocycles. The van der Waals surface area contributed by atoms with Crippen LogP contribution in [-0.4, -0.2) is 26.7 Å². The van der Waals surface area contributed by atoms with Gasteiger partial charge in [0.2, 0.25) is 0 Å². The molecule has 0 saturated carbocycles. The summed E-state index contributed by atoms with van der Waals surface area (Å²) in [5, 5.41) is 6.53. The molecule has 0 aliphatic heterocycles. The van der Waals surface area contributed by atoms with Crippen molar-refractivity contribution in [2.45, 2.75) is 20.3 Å². The van der Waals surface area contributed by atoms with Crippen molar-refractivity contribution in [3.63, 3.8) is 0 Å². The van der Waals surface area contributed by atoms with Gasteiger partial charge in [-0.2, -0.15) is 0 Å². The minimum absolute atomic E-state index is 0.747. The SMILES string of the molecule is CCCNCC(C)CNC. The maximum Gasteiger partial charge on any atom is -0.00110 e. The molecule has 0 aromatic carbocycles. The third kappa shape index (κ3) is 6.05. The van der Waals surface area contributed by atoms with Crippen LogP contribution in [0.25, 0.3) is 0 Å². The van der Waals surface area contributed by atoms with Crippen LogP contribution in [0.4, 0.5) is 0 Å². The zero-order chi connectivity index (χ0) is 7.82. The third-order valence-electron chi connectivity index (χ3n) is 1.47. The van der Waals surface area contributed by atoms with Gasteiger partial charge in [-0.1, -0.05) is 13.8 Å². The monoisotopic (exact) mass is 144 g/mol. The normalized spacial score (nSPS) is 13.5. The van der Waals surface area contributed by atoms with E-state index in [0.717, 1.165) is 25.6 Å². The Balaban J connectivity index is 2.97. The molecule has 0 fully saturated rings. The first-order valence-electron chi connectivity index (χ1n) is 4.16. The van der Waals surface area contributed by atoms with Crippen molar-refractivity contribution in [3.05, 3.63) is 0 Å². The summed E-state index contributed by atoms with van der Waals surface area (Å²) < 4.78 is 0. The van der Waals surface area contributed by atoms with Gasteiger partial charge in [0.1, 0.15) is 0 Å². The number of nitrogens with one attached hydrogen (secondary N) is 2. The molecule has 0 aromatic rings. The molecule has 0 spiro atoms. The van der Waals surface area contributed by atoms with Gasteiger partial charge in [0.05, 0.1) is 0 Å². The minimum atomic E-state index is 0.747. The Bertz CT molecular complexity index is 64.3. The quantitative estimate of drug-likeness (QED) is 0.540. The Morgan fingerprint density at radius 3 is 2.50 bits per heavy atom. The molecular weight excluding hydrogens is 124 g/mol. The summed E-state index contributed by atoms with van der Waals surface area (Å²) in [5.74, 6) is 0.747. The van der Waals surface area contributed by atoms with Crippen molar-refractivity contribution in [3.8, 4) is 0 Å². The van der Waals surface area contributed by atoms with E-state index in [1.807, 2.05) is 7.05 Å². The van der Waals surface area contributed by atoms with Gasteiger partial charge in [-0.15, -0.1) is 0 Å². The summed E-state index contributed by atoms with van der Waals surface area (Å²) in [6.45, 7) is 7.83. The molecule has 0 aliphatic rings. The third-order valence-corrected chi connectivity index (χ3v) is 1.47. The average molecular weight is 144 g/mol. The van der Waals surface area contributed by atoms with E-state index in [1.165, 1.54) is 6.42 Å². The number of hydrogen-bond acceptors (Lipinski definition) is 2. The zero-order valence-corrected chi connectivity index (χ0v) is 7.41. The highest BCUT2D eigenvalue weighted by Crippen LogP contribution is 1.88. The minimum Gasteiger partial charge on any atom is -0.319 e. The first kappa shape index (κ1) is 9.92. The van der Waals surface area contributed by atoms with Crippen LogP contribution in [-0.2, 0) is 0 Å². The highest BCUT2D eigenvalue weighted by molar-refractivity contribution is 4.57. The van der Waals surface area contributed by atoms with Crippen LogP contribution < -0.4 is 10.6 Å². The summed E-state index contributed by atoms with van der Waals surface area (Å²) in [6.07, 6.45) is 1.23. The molecule has 1 unspecified atom stereocenters. The van der Waals surface area contributed by atoms with Crippen molar-refractivity contribution in [1.29, 1.82) is 0 Å². The summed E-state index contributed by atoms with van der Waals surface area (Å²) in [6, 6.07) is 0. The van der Waals surface area contributed by atoms with Gasteiger partial charge >= 0.3 is 0 Å². The van der Waals surface area contributed by atoms with E-state index in [9.17, 15) is 0 Å². The van der Waals surface area contributed by atoms with E-state index in [0.29, 0.717) is 0 Å². The molecule has 2 heteroatoms. The molecule has 0 amide bonds. The van der Waals surface area contributed by atoms with E-state index < -0.39 is 0 Å². The molecule has 0 aliphatic carbocycles. The topological polar surface area (TPSA) is 24.1 Å². The molecule has 0 saturated heterocycles. The average Bonchev–Trinajstić information content (AvgIpc) is 1.89. The van der Waals surface area contributed by atoms with Crippen molar-refractivity contribution < 1.29 is 0 Å². The van der Waals surface area contributed by atoms with Crippen LogP contribution in [0.5, 0.6) is 0 Å². The van der Waals surface area contributed by atoms with Crippen LogP contribution in [0, 0.1) is 5.92 Å². The van der Waals surface area contributed by atoms with Gasteiger partial charge in [0, 0.05) is 0 Å². The summed E-state index contributed by atoms with van der Waals surface area (Å²) in [7, 11) is 2.00. The van der Waals surface area contributed by atoms with Crippen LogP contribution in [0.2, 0.25) is 0 Å². The van der Waals surface area contributed by atoms with E-state index in [2.05, 4.69) is 24.5 Å². The maximum absolute atomic E-state index is 3.38. The molecule has 2 N–H and O–H groups in total. The van der Waals surface area contributed by atoms with Gasteiger partial charge in [-0.25, -0.2) is 0 Å². The second-order valence-electron chi connectivity index (χ2n) is 2.87. The standard InChI is InChI=1S/C8H20N2/c1-4-5-10-7-8(2)6-9-3/h8-10H,4-7H2,1-3H3. The molecule has 0 aromatic heterocycles. The molecule has 1 atom stereocenters. The smallest absolute Gasteiger partial charge is 0.00110 e. The van der Waals surface area contributed by atoms with Gasteiger partial charge in [-0.05, 0) is 39.0 Å². The van der Waals surface area contributed by atoms with Crippen LogP contribution in [0.15, 0.2) is 0 Å². The molecule has 2 nitrogen and oxygen atoms in total. The predicted octanol–water partition coefficient (Wildman–Crippen LogP) is 0.841. The summed E-state index contributed by atoms with van der Waals surface area (Å²) in [4.78, 5) is 0. The fourth-order valence-corrected chi connectivity index (χ4v) is 0.946. The highest BCUT2D eigenvalue weighted by atomic mass is 14.9. The molecule has 10 heavy (non-hydrogen) atoms. The van der Waals surface area contributed by atoms with Crippen LogP contribution in [0.3, 0.4) is 0 Å². The molecule has 0 radical (unpaired) electrons. The predicted molar refractivity (Wildman–Crippen MR) is 46.3 cm³/mol. The van der Waals surface area contributed by atoms with Crippen molar-refractivity contribution in [2.75, 3.05) is 26.7 Å². The summed E-state index contributed by atoms with van der Waals surface area (Å²) >= 11 is 0. The number of rotatable bonds is 6. The fraction of sp³-hybridized carbons (Fsp3) is 1.00. The van der Waals surface area contributed by atoms with E-state index in [4.69, 9.17) is 0 Å². The lowest BCUT2D eigenvalue weighted by Gasteiger charge is -2.10. The van der Waals surface area contributed by atoms with Gasteiger partial charge in [0.15, 0.2) is 0 Å². The van der Waals surface area contributed by atoms with E-state index in [-0.39, 0.29) is 0 Å². The van der Waals surface area contributed by atoms with Gasteiger partial charge < -0.3 is 10.6 Å². The Morgan fingerprint density at radius 1 is 1.30 bits per heavy atom. The molecule has 0 rings (SSSR count). The van der Waals surface area contributed by atoms with Crippen LogP contribution >= 0.6 is 0 Å². The molecular formula is C8H20N2. The Kier molecular flexibility index (Phi) is 6.98. The first-order valence-corrected chi connectivity index (χ1v) is 4.16. The summed E-state index contributed by atoms with van der Waals surface area (Å²) in [5.41, 5.74) is 0. The lowest BCUT2D eigenvalue weighted by Crippen LogP contribution is -2.28. The largest absolute Gasteiger partial charge is 0.319 e. The van der Waals surface area contributed by atoms with E-state index >= 15 is 0 Å². The lowest BCUT2D eigenvalue weighted by atomic mass is 10.2. The highest BCUT2D eigenvalue weighted by Gasteiger charge is 1.97. The molecule has 0 bridgehead atoms. The Hall–Kier alpha value is -0.0800. The lowest BCUT2D eigenvalue weighted by molar-refractivity contribution is 0.492. The maximum atomic E-state index is 3.38. The van der Waals surface area contributed by atoms with E-state index in [1.54, 1.807) is 0 Å².